The maximum Gasteiger partial charge on any atom is 0.306 e. The van der Waals surface area contributed by atoms with Crippen molar-refractivity contribution in [2.45, 2.75) is 307 Å². The molecule has 0 aliphatic carbocycles. The van der Waals surface area contributed by atoms with Gasteiger partial charge in [0.2, 0.25) is 5.91 Å². The standard InChI is InChI=1S/C64H113NO10/c1-4-7-10-13-16-19-22-24-26-28-30-31-33-36-39-42-45-48-51-57(68)63(72)65-55(56(67)50-47-44-41-38-35-21-18-15-12-9-6-3)54-73-64-62(61(71)60(70)58(53-66)74-64)75-59(69)52-49-46-43-40-37-34-32-29-27-25-23-20-17-14-11-8-5-2/h16-17,19-20,24-27,32,34,47,50,55-58,60-62,64,66-68,70-71H,4-15,18,21-23,28-31,33,35-46,48-49,51-54H2,1-3H3,(H,65,72)/b19-16-,20-17-,26-24-,27-25-,34-32-,50-47+. The van der Waals surface area contributed by atoms with Crippen molar-refractivity contribution in [2.75, 3.05) is 13.2 Å². The van der Waals surface area contributed by atoms with Crippen LogP contribution in [0.4, 0.5) is 0 Å². The smallest absolute Gasteiger partial charge is 0.306 e. The third kappa shape index (κ3) is 40.0. The topological polar surface area (TPSA) is 175 Å². The van der Waals surface area contributed by atoms with Crippen molar-refractivity contribution < 1.29 is 49.3 Å². The predicted molar refractivity (Wildman–Crippen MR) is 310 cm³/mol. The number of allylic oxidation sites excluding steroid dienone is 11. The lowest BCUT2D eigenvalue weighted by molar-refractivity contribution is -0.305. The van der Waals surface area contributed by atoms with Crippen LogP contribution in [0.2, 0.25) is 0 Å². The van der Waals surface area contributed by atoms with Gasteiger partial charge < -0.3 is 45.1 Å². The van der Waals surface area contributed by atoms with Crippen LogP contribution < -0.4 is 5.32 Å². The number of unbranched alkanes of at least 4 members (excludes halogenated alkanes) is 27. The molecule has 0 aromatic heterocycles. The van der Waals surface area contributed by atoms with Gasteiger partial charge in [0, 0.05) is 6.42 Å². The van der Waals surface area contributed by atoms with E-state index in [1.807, 2.05) is 6.08 Å². The first-order chi connectivity index (χ1) is 36.7. The Kier molecular flexibility index (Phi) is 48.5. The molecule has 0 radical (unpaired) electrons. The fourth-order valence-corrected chi connectivity index (χ4v) is 9.16. The van der Waals surface area contributed by atoms with Crippen molar-refractivity contribution in [3.8, 4) is 0 Å². The summed E-state index contributed by atoms with van der Waals surface area (Å²) in [4.78, 5) is 26.5. The summed E-state index contributed by atoms with van der Waals surface area (Å²) in [7, 11) is 0. The zero-order valence-electron chi connectivity index (χ0n) is 47.9. The number of amides is 1. The summed E-state index contributed by atoms with van der Waals surface area (Å²) in [5, 5.41) is 56.9. The molecule has 8 unspecified atom stereocenters. The molecule has 11 heteroatoms. The molecule has 0 bridgehead atoms. The van der Waals surface area contributed by atoms with Crippen LogP contribution in [0.15, 0.2) is 72.9 Å². The summed E-state index contributed by atoms with van der Waals surface area (Å²) < 4.78 is 17.6. The molecule has 1 heterocycles. The molecule has 1 rings (SSSR count). The second-order valence-electron chi connectivity index (χ2n) is 21.1. The van der Waals surface area contributed by atoms with E-state index in [9.17, 15) is 35.1 Å². The first kappa shape index (κ1) is 70.1. The minimum Gasteiger partial charge on any atom is -0.454 e. The lowest BCUT2D eigenvalue weighted by Crippen LogP contribution is -2.61. The Hall–Kier alpha value is -2.90. The number of aliphatic hydroxyl groups excluding tert-OH is 5. The molecule has 75 heavy (non-hydrogen) atoms. The molecule has 0 aromatic carbocycles. The molecule has 8 atom stereocenters. The molecule has 0 saturated carbocycles. The van der Waals surface area contributed by atoms with Gasteiger partial charge in [-0.25, -0.2) is 0 Å². The van der Waals surface area contributed by atoms with Gasteiger partial charge in [-0.05, 0) is 96.3 Å². The molecule has 1 amide bonds. The van der Waals surface area contributed by atoms with Crippen LogP contribution in [0, 0.1) is 0 Å². The van der Waals surface area contributed by atoms with Crippen molar-refractivity contribution in [2.24, 2.45) is 0 Å². The zero-order valence-corrected chi connectivity index (χ0v) is 47.9. The van der Waals surface area contributed by atoms with E-state index in [1.54, 1.807) is 6.08 Å². The van der Waals surface area contributed by atoms with Crippen molar-refractivity contribution in [1.29, 1.82) is 0 Å². The first-order valence-corrected chi connectivity index (χ1v) is 30.7. The van der Waals surface area contributed by atoms with Crippen LogP contribution in [0.25, 0.3) is 0 Å². The van der Waals surface area contributed by atoms with Crippen LogP contribution in [-0.2, 0) is 23.8 Å². The lowest BCUT2D eigenvalue weighted by atomic mass is 9.99. The predicted octanol–water partition coefficient (Wildman–Crippen LogP) is 14.4. The number of carbonyl (C=O) groups excluding carboxylic acids is 2. The minimum absolute atomic E-state index is 0.0954. The Morgan fingerprint density at radius 2 is 0.920 bits per heavy atom. The molecule has 1 saturated heterocycles. The van der Waals surface area contributed by atoms with Gasteiger partial charge >= 0.3 is 5.97 Å². The minimum atomic E-state index is -1.63. The zero-order chi connectivity index (χ0) is 54.7. The molecule has 1 aliphatic rings. The highest BCUT2D eigenvalue weighted by molar-refractivity contribution is 5.80. The number of carbonyl (C=O) groups is 2. The van der Waals surface area contributed by atoms with Gasteiger partial charge in [-0.2, -0.15) is 0 Å². The summed E-state index contributed by atoms with van der Waals surface area (Å²) in [5.41, 5.74) is 0. The van der Waals surface area contributed by atoms with E-state index in [1.165, 1.54) is 116 Å². The lowest BCUT2D eigenvalue weighted by Gasteiger charge is -2.41. The van der Waals surface area contributed by atoms with E-state index in [0.29, 0.717) is 12.8 Å². The number of ether oxygens (including phenoxy) is 3. The fourth-order valence-electron chi connectivity index (χ4n) is 9.16. The molecule has 1 aliphatic heterocycles. The maximum atomic E-state index is 13.4. The van der Waals surface area contributed by atoms with Crippen LogP contribution in [-0.4, -0.2) is 99.6 Å². The van der Waals surface area contributed by atoms with Gasteiger partial charge in [-0.1, -0.05) is 229 Å². The largest absolute Gasteiger partial charge is 0.454 e. The van der Waals surface area contributed by atoms with E-state index in [-0.39, 0.29) is 19.4 Å². The number of aliphatic hydroxyl groups is 5. The molecule has 434 valence electrons. The van der Waals surface area contributed by atoms with Crippen molar-refractivity contribution in [1.82, 2.24) is 5.32 Å². The van der Waals surface area contributed by atoms with E-state index in [0.717, 1.165) is 96.3 Å². The Labute approximate surface area is 458 Å². The number of hydrogen-bond acceptors (Lipinski definition) is 10. The van der Waals surface area contributed by atoms with E-state index >= 15 is 0 Å². The highest BCUT2D eigenvalue weighted by atomic mass is 16.7. The number of hydrogen-bond donors (Lipinski definition) is 6. The average Bonchev–Trinajstić information content (AvgIpc) is 3.41. The first-order valence-electron chi connectivity index (χ1n) is 30.7. The van der Waals surface area contributed by atoms with Crippen LogP contribution in [0.5, 0.6) is 0 Å². The average molecular weight is 1060 g/mol. The third-order valence-corrected chi connectivity index (χ3v) is 14.1. The summed E-state index contributed by atoms with van der Waals surface area (Å²) in [5.74, 6) is -1.22. The van der Waals surface area contributed by atoms with Crippen molar-refractivity contribution >= 4 is 11.9 Å². The summed E-state index contributed by atoms with van der Waals surface area (Å²) in [6, 6.07) is -1.03. The van der Waals surface area contributed by atoms with E-state index in [4.69, 9.17) is 14.2 Å². The van der Waals surface area contributed by atoms with Gasteiger partial charge in [0.05, 0.1) is 25.4 Å². The Morgan fingerprint density at radius 1 is 0.520 bits per heavy atom. The molecule has 1 fully saturated rings. The number of nitrogens with one attached hydrogen (secondary N) is 1. The van der Waals surface area contributed by atoms with Crippen molar-refractivity contribution in [3.63, 3.8) is 0 Å². The van der Waals surface area contributed by atoms with E-state index < -0.39 is 67.4 Å². The normalized spacial score (nSPS) is 19.7. The maximum absolute atomic E-state index is 13.4. The van der Waals surface area contributed by atoms with Gasteiger partial charge in [0.15, 0.2) is 12.4 Å². The van der Waals surface area contributed by atoms with E-state index in [2.05, 4.69) is 86.8 Å². The van der Waals surface area contributed by atoms with Gasteiger partial charge in [-0.15, -0.1) is 0 Å². The number of rotatable bonds is 51. The molecule has 6 N–H and O–H groups in total. The monoisotopic (exact) mass is 1060 g/mol. The Balaban J connectivity index is 2.69. The molecule has 11 nitrogen and oxygen atoms in total. The SMILES string of the molecule is CCCCC/C=C\C/C=C\C/C=C\CCCCCCC(=O)OC1C(OCC(NC(=O)C(O)CCCCCCCCCC/C=C\C/C=C\CCCCC)C(O)/C=C/CCCCCCCCCCC)OC(CO)C(O)C1O. The highest BCUT2D eigenvalue weighted by Crippen LogP contribution is 2.26. The number of esters is 1. The summed E-state index contributed by atoms with van der Waals surface area (Å²) in [6.45, 7) is 5.71. The highest BCUT2D eigenvalue weighted by Gasteiger charge is 2.47. The van der Waals surface area contributed by atoms with Crippen LogP contribution in [0.1, 0.15) is 258 Å². The van der Waals surface area contributed by atoms with Crippen LogP contribution in [0.3, 0.4) is 0 Å². The van der Waals surface area contributed by atoms with Gasteiger partial charge in [0.1, 0.15) is 24.4 Å². The Morgan fingerprint density at radius 3 is 1.40 bits per heavy atom. The van der Waals surface area contributed by atoms with Crippen LogP contribution >= 0.6 is 0 Å². The second-order valence-corrected chi connectivity index (χ2v) is 21.1. The third-order valence-electron chi connectivity index (χ3n) is 14.1. The molecular formula is C64H113NO10. The summed E-state index contributed by atoms with van der Waals surface area (Å²) >= 11 is 0. The fraction of sp³-hybridized carbons (Fsp3) is 0.781. The quantitative estimate of drug-likeness (QED) is 0.0195. The Bertz CT molecular complexity index is 1490. The van der Waals surface area contributed by atoms with Gasteiger partial charge in [0.25, 0.3) is 0 Å². The van der Waals surface area contributed by atoms with Gasteiger partial charge in [-0.3, -0.25) is 9.59 Å². The molecule has 0 spiro atoms. The second kappa shape index (κ2) is 51.8. The molecule has 0 aromatic rings. The molecular weight excluding hydrogens is 943 g/mol. The van der Waals surface area contributed by atoms with Crippen molar-refractivity contribution in [3.05, 3.63) is 72.9 Å². The summed E-state index contributed by atoms with van der Waals surface area (Å²) in [6.07, 6.45) is 55.0.